The summed E-state index contributed by atoms with van der Waals surface area (Å²) in [5.41, 5.74) is -3.56. The molecule has 0 fully saturated rings. The Hall–Kier alpha value is -2.63. The highest BCUT2D eigenvalue weighted by atomic mass is 32.1. The molecule has 0 unspecified atom stereocenters. The van der Waals surface area contributed by atoms with E-state index in [9.17, 15) is 22.8 Å². The Morgan fingerprint density at radius 3 is 2.56 bits per heavy atom. The molecule has 2 rings (SSSR count). The van der Waals surface area contributed by atoms with Gasteiger partial charge in [-0.25, -0.2) is 4.79 Å². The first-order valence-electron chi connectivity index (χ1n) is 6.88. The minimum Gasteiger partial charge on any atom is -0.463 e. The van der Waals surface area contributed by atoms with Crippen LogP contribution in [0.2, 0.25) is 0 Å². The number of halogens is 3. The van der Waals surface area contributed by atoms with Crippen LogP contribution in [0.15, 0.2) is 22.8 Å². The Balaban J connectivity index is 2.45. The summed E-state index contributed by atoms with van der Waals surface area (Å²) < 4.78 is 50.7. The quantitative estimate of drug-likeness (QED) is 0.586. The zero-order valence-corrected chi connectivity index (χ0v) is 13.8. The number of alkyl halides is 3. The Labute approximate surface area is 143 Å². The summed E-state index contributed by atoms with van der Waals surface area (Å²) in [6, 6.07) is 2.47. The van der Waals surface area contributed by atoms with Gasteiger partial charge in [-0.15, -0.1) is 10.2 Å². The molecule has 2 N–H and O–H groups in total. The molecule has 0 saturated heterocycles. The molecule has 0 aromatic carbocycles. The number of amides is 1. The fourth-order valence-electron chi connectivity index (χ4n) is 1.78. The van der Waals surface area contributed by atoms with E-state index in [0.29, 0.717) is 5.01 Å². The maximum atomic E-state index is 13.8. The summed E-state index contributed by atoms with van der Waals surface area (Å²) in [6.45, 7) is 2.52. The van der Waals surface area contributed by atoms with Gasteiger partial charge in [-0.3, -0.25) is 4.79 Å². The second kappa shape index (κ2) is 7.09. The van der Waals surface area contributed by atoms with Gasteiger partial charge < -0.3 is 19.8 Å². The molecule has 8 nitrogen and oxygen atoms in total. The third-order valence-corrected chi connectivity index (χ3v) is 3.63. The number of nitrogens with one attached hydrogen (secondary N) is 2. The monoisotopic (exact) mass is 378 g/mol. The van der Waals surface area contributed by atoms with Crippen molar-refractivity contribution in [2.45, 2.75) is 25.7 Å². The molecule has 2 aromatic heterocycles. The van der Waals surface area contributed by atoms with Gasteiger partial charge in [-0.2, -0.15) is 13.2 Å². The number of nitrogens with zero attached hydrogens (tertiary/aromatic N) is 2. The second-order valence-corrected chi connectivity index (χ2v) is 5.83. The predicted octanol–water partition coefficient (Wildman–Crippen LogP) is 2.10. The minimum atomic E-state index is -5.25. The standard InChI is InChI=1S/C13H13F3N4O4S/c1-3-23-10(22)12(13(14,15)16,18-11-20-19-7(2)25-11)17-9(21)8-5-4-6-24-8/h4-6H,3H2,1-2H3,(H,17,21)(H,18,20)/t12-/m1/s1. The van der Waals surface area contributed by atoms with Crippen LogP contribution in [-0.4, -0.2) is 40.5 Å². The number of anilines is 1. The van der Waals surface area contributed by atoms with E-state index >= 15 is 0 Å². The first kappa shape index (κ1) is 18.7. The largest absolute Gasteiger partial charge is 0.463 e. The topological polar surface area (TPSA) is 106 Å². The Morgan fingerprint density at radius 2 is 2.08 bits per heavy atom. The molecule has 136 valence electrons. The van der Waals surface area contributed by atoms with E-state index < -0.39 is 29.5 Å². The van der Waals surface area contributed by atoms with Gasteiger partial charge in [-0.05, 0) is 26.0 Å². The number of carbonyl (C=O) groups is 2. The van der Waals surface area contributed by atoms with Crippen molar-refractivity contribution in [1.82, 2.24) is 15.5 Å². The van der Waals surface area contributed by atoms with E-state index in [1.807, 2.05) is 5.32 Å². The summed E-state index contributed by atoms with van der Waals surface area (Å²) in [5.74, 6) is -3.41. The highest BCUT2D eigenvalue weighted by Crippen LogP contribution is 2.34. The van der Waals surface area contributed by atoms with Crippen molar-refractivity contribution >= 4 is 28.3 Å². The molecule has 0 aliphatic heterocycles. The van der Waals surface area contributed by atoms with E-state index in [0.717, 1.165) is 23.7 Å². The van der Waals surface area contributed by atoms with Crippen molar-refractivity contribution in [3.05, 3.63) is 29.2 Å². The van der Waals surface area contributed by atoms with Gasteiger partial charge in [0.05, 0.1) is 12.9 Å². The van der Waals surface area contributed by atoms with Crippen LogP contribution < -0.4 is 10.6 Å². The molecule has 2 heterocycles. The molecule has 1 atom stereocenters. The van der Waals surface area contributed by atoms with E-state index in [-0.39, 0.29) is 11.7 Å². The third-order valence-electron chi connectivity index (χ3n) is 2.87. The number of rotatable bonds is 6. The Bertz CT molecular complexity index is 747. The van der Waals surface area contributed by atoms with E-state index in [2.05, 4.69) is 14.9 Å². The molecule has 1 amide bonds. The van der Waals surface area contributed by atoms with Gasteiger partial charge in [0.1, 0.15) is 5.01 Å². The van der Waals surface area contributed by atoms with Crippen molar-refractivity contribution < 1.29 is 31.9 Å². The smallest absolute Gasteiger partial charge is 0.442 e. The van der Waals surface area contributed by atoms with E-state index in [4.69, 9.17) is 4.42 Å². The lowest BCUT2D eigenvalue weighted by atomic mass is 10.1. The highest BCUT2D eigenvalue weighted by Gasteiger charge is 2.64. The molecule has 2 aromatic rings. The van der Waals surface area contributed by atoms with E-state index in [1.54, 1.807) is 5.32 Å². The first-order valence-corrected chi connectivity index (χ1v) is 7.69. The summed E-state index contributed by atoms with van der Waals surface area (Å²) >= 11 is 0.775. The van der Waals surface area contributed by atoms with Crippen molar-refractivity contribution in [2.24, 2.45) is 0 Å². The maximum Gasteiger partial charge on any atom is 0.442 e. The lowest BCUT2D eigenvalue weighted by Gasteiger charge is -2.33. The Morgan fingerprint density at radius 1 is 1.36 bits per heavy atom. The van der Waals surface area contributed by atoms with Crippen molar-refractivity contribution in [3.8, 4) is 0 Å². The van der Waals surface area contributed by atoms with Crippen LogP contribution in [0.1, 0.15) is 22.5 Å². The number of furan rings is 1. The summed E-state index contributed by atoms with van der Waals surface area (Å²) in [4.78, 5) is 24.2. The second-order valence-electron chi connectivity index (χ2n) is 4.65. The summed E-state index contributed by atoms with van der Waals surface area (Å²) in [7, 11) is 0. The molecule has 0 aliphatic carbocycles. The fourth-order valence-corrected chi connectivity index (χ4v) is 2.42. The van der Waals surface area contributed by atoms with Gasteiger partial charge in [0, 0.05) is 0 Å². The molecule has 0 spiro atoms. The lowest BCUT2D eigenvalue weighted by Crippen LogP contribution is -2.69. The van der Waals surface area contributed by atoms with Crippen LogP contribution in [0.4, 0.5) is 18.3 Å². The average molecular weight is 378 g/mol. The van der Waals surface area contributed by atoms with Crippen LogP contribution in [-0.2, 0) is 9.53 Å². The minimum absolute atomic E-state index is 0.317. The van der Waals surface area contributed by atoms with Crippen LogP contribution in [0.5, 0.6) is 0 Å². The van der Waals surface area contributed by atoms with Gasteiger partial charge in [-0.1, -0.05) is 11.3 Å². The molecule has 0 radical (unpaired) electrons. The molecule has 0 bridgehead atoms. The third kappa shape index (κ3) is 3.90. The molecule has 0 aliphatic rings. The van der Waals surface area contributed by atoms with Crippen molar-refractivity contribution in [2.75, 3.05) is 11.9 Å². The SMILES string of the molecule is CCOC(=O)[C@@](NC(=O)c1ccco1)(Nc1nnc(C)s1)C(F)(F)F. The predicted molar refractivity (Wildman–Crippen MR) is 79.9 cm³/mol. The summed E-state index contributed by atoms with van der Waals surface area (Å²) in [5, 5.41) is 10.6. The fraction of sp³-hybridized carbons (Fsp3) is 0.385. The molecule has 25 heavy (non-hydrogen) atoms. The van der Waals surface area contributed by atoms with Gasteiger partial charge in [0.25, 0.3) is 5.91 Å². The zero-order valence-electron chi connectivity index (χ0n) is 13.0. The number of aromatic nitrogens is 2. The normalized spacial score (nSPS) is 13.8. The van der Waals surface area contributed by atoms with E-state index in [1.165, 1.54) is 19.9 Å². The molecular formula is C13H13F3N4O4S. The number of hydrogen-bond acceptors (Lipinski definition) is 8. The number of esters is 1. The van der Waals surface area contributed by atoms with Crippen LogP contribution in [0.25, 0.3) is 0 Å². The number of aryl methyl sites for hydroxylation is 1. The maximum absolute atomic E-state index is 13.8. The molecular weight excluding hydrogens is 365 g/mol. The van der Waals surface area contributed by atoms with Crippen molar-refractivity contribution in [3.63, 3.8) is 0 Å². The molecule has 12 heteroatoms. The number of ether oxygens (including phenoxy) is 1. The van der Waals surface area contributed by atoms with Gasteiger partial charge in [0.15, 0.2) is 5.76 Å². The number of hydrogen-bond donors (Lipinski definition) is 2. The van der Waals surface area contributed by atoms with Crippen molar-refractivity contribution in [1.29, 1.82) is 0 Å². The highest BCUT2D eigenvalue weighted by molar-refractivity contribution is 7.15. The van der Waals surface area contributed by atoms with Gasteiger partial charge in [0.2, 0.25) is 5.13 Å². The van der Waals surface area contributed by atoms with Crippen LogP contribution in [0, 0.1) is 6.92 Å². The first-order chi connectivity index (χ1) is 11.7. The average Bonchev–Trinajstić information content (AvgIpc) is 3.17. The Kier molecular flexibility index (Phi) is 5.30. The van der Waals surface area contributed by atoms with Gasteiger partial charge >= 0.3 is 17.8 Å². The van der Waals surface area contributed by atoms with Crippen LogP contribution in [0.3, 0.4) is 0 Å². The summed E-state index contributed by atoms with van der Waals surface area (Å²) in [6.07, 6.45) is -4.14. The molecule has 0 saturated carbocycles. The lowest BCUT2D eigenvalue weighted by molar-refractivity contribution is -0.204. The van der Waals surface area contributed by atoms with Crippen LogP contribution >= 0.6 is 11.3 Å². The zero-order chi connectivity index (χ0) is 18.7. The number of carbonyl (C=O) groups excluding carboxylic acids is 2.